The van der Waals surface area contributed by atoms with E-state index in [1.165, 1.54) is 5.56 Å². The third-order valence-electron chi connectivity index (χ3n) is 3.58. The number of aryl methyl sites for hydroxylation is 1. The fraction of sp³-hybridized carbons (Fsp3) is 0.471. The molecule has 4 heteroatoms. The van der Waals surface area contributed by atoms with Gasteiger partial charge in [-0.15, -0.1) is 0 Å². The summed E-state index contributed by atoms with van der Waals surface area (Å²) >= 11 is 0. The van der Waals surface area contributed by atoms with E-state index in [-0.39, 0.29) is 0 Å². The molecule has 0 amide bonds. The van der Waals surface area contributed by atoms with Crippen LogP contribution in [-0.2, 0) is 0 Å². The van der Waals surface area contributed by atoms with E-state index in [0.717, 1.165) is 30.9 Å². The van der Waals surface area contributed by atoms with Crippen molar-refractivity contribution in [2.24, 2.45) is 4.99 Å². The number of aliphatic hydroxyl groups excluding tert-OH is 1. The predicted molar refractivity (Wildman–Crippen MR) is 87.4 cm³/mol. The second kappa shape index (κ2) is 7.84. The van der Waals surface area contributed by atoms with Crippen LogP contribution in [-0.4, -0.2) is 30.2 Å². The van der Waals surface area contributed by atoms with Crippen LogP contribution in [0.4, 0.5) is 0 Å². The van der Waals surface area contributed by atoms with E-state index < -0.39 is 6.10 Å². The normalized spacial score (nSPS) is 17.0. The SMILES string of the molecule is CCNC(=NCC(O)c1ccc(C)cc1)NC1CC=CC1. The van der Waals surface area contributed by atoms with Crippen LogP contribution in [0.15, 0.2) is 41.4 Å². The van der Waals surface area contributed by atoms with Gasteiger partial charge >= 0.3 is 0 Å². The molecule has 114 valence electrons. The quantitative estimate of drug-likeness (QED) is 0.442. The van der Waals surface area contributed by atoms with Gasteiger partial charge in [0.25, 0.3) is 0 Å². The van der Waals surface area contributed by atoms with Crippen molar-refractivity contribution in [3.63, 3.8) is 0 Å². The maximum Gasteiger partial charge on any atom is 0.191 e. The molecule has 0 radical (unpaired) electrons. The first kappa shape index (κ1) is 15.6. The van der Waals surface area contributed by atoms with Crippen LogP contribution in [0.25, 0.3) is 0 Å². The largest absolute Gasteiger partial charge is 0.386 e. The van der Waals surface area contributed by atoms with Gasteiger partial charge in [0.05, 0.1) is 12.6 Å². The number of guanidine groups is 1. The molecule has 0 aromatic heterocycles. The maximum absolute atomic E-state index is 10.2. The minimum Gasteiger partial charge on any atom is -0.386 e. The highest BCUT2D eigenvalue weighted by atomic mass is 16.3. The van der Waals surface area contributed by atoms with Crippen LogP contribution in [0.3, 0.4) is 0 Å². The summed E-state index contributed by atoms with van der Waals surface area (Å²) in [5, 5.41) is 16.8. The lowest BCUT2D eigenvalue weighted by Gasteiger charge is -2.17. The molecule has 4 nitrogen and oxygen atoms in total. The molecule has 0 heterocycles. The maximum atomic E-state index is 10.2. The Labute approximate surface area is 127 Å². The third kappa shape index (κ3) is 4.90. The molecular formula is C17H25N3O. The number of hydrogen-bond acceptors (Lipinski definition) is 2. The lowest BCUT2D eigenvalue weighted by Crippen LogP contribution is -2.42. The third-order valence-corrected chi connectivity index (χ3v) is 3.58. The molecule has 2 rings (SSSR count). The van der Waals surface area contributed by atoms with Crippen LogP contribution in [0, 0.1) is 6.92 Å². The Morgan fingerprint density at radius 2 is 1.95 bits per heavy atom. The Morgan fingerprint density at radius 3 is 2.57 bits per heavy atom. The predicted octanol–water partition coefficient (Wildman–Crippen LogP) is 2.30. The van der Waals surface area contributed by atoms with Crippen molar-refractivity contribution >= 4 is 5.96 Å². The van der Waals surface area contributed by atoms with E-state index in [0.29, 0.717) is 12.6 Å². The van der Waals surface area contributed by atoms with E-state index in [2.05, 4.69) is 27.8 Å². The van der Waals surface area contributed by atoms with Gasteiger partial charge < -0.3 is 15.7 Å². The molecule has 1 aliphatic rings. The molecule has 0 fully saturated rings. The number of aliphatic imine (C=N–C) groups is 1. The highest BCUT2D eigenvalue weighted by molar-refractivity contribution is 5.80. The van der Waals surface area contributed by atoms with Gasteiger partial charge in [-0.1, -0.05) is 42.0 Å². The Hall–Kier alpha value is -1.81. The van der Waals surface area contributed by atoms with E-state index in [1.807, 2.05) is 38.1 Å². The Morgan fingerprint density at radius 1 is 1.29 bits per heavy atom. The first-order chi connectivity index (χ1) is 10.2. The fourth-order valence-electron chi connectivity index (χ4n) is 2.32. The van der Waals surface area contributed by atoms with Crippen molar-refractivity contribution in [3.8, 4) is 0 Å². The van der Waals surface area contributed by atoms with Crippen LogP contribution >= 0.6 is 0 Å². The molecular weight excluding hydrogens is 262 g/mol. The monoisotopic (exact) mass is 287 g/mol. The van der Waals surface area contributed by atoms with Crippen molar-refractivity contribution in [1.82, 2.24) is 10.6 Å². The molecule has 0 saturated carbocycles. The topological polar surface area (TPSA) is 56.7 Å². The summed E-state index contributed by atoms with van der Waals surface area (Å²) in [5.41, 5.74) is 2.10. The summed E-state index contributed by atoms with van der Waals surface area (Å²) < 4.78 is 0. The van der Waals surface area contributed by atoms with Gasteiger partial charge in [0, 0.05) is 12.6 Å². The van der Waals surface area contributed by atoms with Gasteiger partial charge in [0.2, 0.25) is 0 Å². The Bertz CT molecular complexity index is 485. The van der Waals surface area contributed by atoms with Crippen molar-refractivity contribution in [3.05, 3.63) is 47.5 Å². The summed E-state index contributed by atoms with van der Waals surface area (Å²) in [6.45, 7) is 5.25. The van der Waals surface area contributed by atoms with Crippen LogP contribution in [0.1, 0.15) is 37.0 Å². The standard InChI is InChI=1S/C17H25N3O/c1-3-18-17(20-15-6-4-5-7-15)19-12-16(21)14-10-8-13(2)9-11-14/h4-5,8-11,15-16,21H,3,6-7,12H2,1-2H3,(H2,18,19,20). The van der Waals surface area contributed by atoms with Gasteiger partial charge in [-0.25, -0.2) is 0 Å². The molecule has 1 unspecified atom stereocenters. The average molecular weight is 287 g/mol. The van der Waals surface area contributed by atoms with Crippen LogP contribution in [0.2, 0.25) is 0 Å². The lowest BCUT2D eigenvalue weighted by atomic mass is 10.1. The average Bonchev–Trinajstić information content (AvgIpc) is 2.98. The minimum absolute atomic E-state index is 0.360. The number of rotatable bonds is 5. The Kier molecular flexibility index (Phi) is 5.81. The molecule has 1 aromatic rings. The number of nitrogens with one attached hydrogen (secondary N) is 2. The zero-order valence-corrected chi connectivity index (χ0v) is 12.8. The van der Waals surface area contributed by atoms with Gasteiger partial charge in [-0.05, 0) is 32.3 Å². The zero-order chi connectivity index (χ0) is 15.1. The molecule has 3 N–H and O–H groups in total. The van der Waals surface area contributed by atoms with E-state index in [4.69, 9.17) is 0 Å². The number of aliphatic hydroxyl groups is 1. The van der Waals surface area contributed by atoms with Gasteiger partial charge in [0.1, 0.15) is 0 Å². The van der Waals surface area contributed by atoms with Gasteiger partial charge in [0.15, 0.2) is 5.96 Å². The van der Waals surface area contributed by atoms with E-state index >= 15 is 0 Å². The summed E-state index contributed by atoms with van der Waals surface area (Å²) in [5.74, 6) is 0.775. The highest BCUT2D eigenvalue weighted by Crippen LogP contribution is 2.14. The van der Waals surface area contributed by atoms with E-state index in [9.17, 15) is 5.11 Å². The summed E-state index contributed by atoms with van der Waals surface area (Å²) in [4.78, 5) is 4.49. The first-order valence-corrected chi connectivity index (χ1v) is 7.63. The van der Waals surface area contributed by atoms with Crippen LogP contribution < -0.4 is 10.6 Å². The molecule has 21 heavy (non-hydrogen) atoms. The van der Waals surface area contributed by atoms with Crippen molar-refractivity contribution in [1.29, 1.82) is 0 Å². The van der Waals surface area contributed by atoms with Crippen LogP contribution in [0.5, 0.6) is 0 Å². The second-order valence-corrected chi connectivity index (χ2v) is 5.43. The zero-order valence-electron chi connectivity index (χ0n) is 12.8. The fourth-order valence-corrected chi connectivity index (χ4v) is 2.32. The number of benzene rings is 1. The molecule has 0 bridgehead atoms. The Balaban J connectivity index is 1.92. The van der Waals surface area contributed by atoms with Crippen molar-refractivity contribution < 1.29 is 5.11 Å². The van der Waals surface area contributed by atoms with E-state index in [1.54, 1.807) is 0 Å². The van der Waals surface area contributed by atoms with Crippen molar-refractivity contribution in [2.45, 2.75) is 38.8 Å². The number of nitrogens with zero attached hydrogens (tertiary/aromatic N) is 1. The molecule has 1 aliphatic carbocycles. The second-order valence-electron chi connectivity index (χ2n) is 5.43. The summed E-state index contributed by atoms with van der Waals surface area (Å²) in [7, 11) is 0. The lowest BCUT2D eigenvalue weighted by molar-refractivity contribution is 0.187. The summed E-state index contributed by atoms with van der Waals surface area (Å²) in [6.07, 6.45) is 5.86. The first-order valence-electron chi connectivity index (χ1n) is 7.63. The molecule has 0 spiro atoms. The molecule has 1 atom stereocenters. The highest BCUT2D eigenvalue weighted by Gasteiger charge is 2.12. The molecule has 1 aromatic carbocycles. The van der Waals surface area contributed by atoms with Gasteiger partial charge in [-0.2, -0.15) is 0 Å². The van der Waals surface area contributed by atoms with Crippen molar-refractivity contribution in [2.75, 3.05) is 13.1 Å². The molecule has 0 saturated heterocycles. The number of hydrogen-bond donors (Lipinski definition) is 3. The smallest absolute Gasteiger partial charge is 0.191 e. The molecule has 0 aliphatic heterocycles. The summed E-state index contributed by atoms with van der Waals surface area (Å²) in [6, 6.07) is 8.35. The van der Waals surface area contributed by atoms with Gasteiger partial charge in [-0.3, -0.25) is 4.99 Å². The minimum atomic E-state index is -0.567.